The minimum absolute atomic E-state index is 0.0451. The fourth-order valence-corrected chi connectivity index (χ4v) is 2.59. The normalized spacial score (nSPS) is 21.6. The van der Waals surface area contributed by atoms with E-state index in [1.807, 2.05) is 6.07 Å². The molecule has 0 aliphatic heterocycles. The van der Waals surface area contributed by atoms with Crippen molar-refractivity contribution in [2.45, 2.75) is 31.8 Å². The third-order valence-corrected chi connectivity index (χ3v) is 3.88. The van der Waals surface area contributed by atoms with Crippen LogP contribution in [-0.2, 0) is 4.79 Å². The van der Waals surface area contributed by atoms with Crippen LogP contribution in [0.15, 0.2) is 30.3 Å². The van der Waals surface area contributed by atoms with Crippen LogP contribution in [0.25, 0.3) is 0 Å². The van der Waals surface area contributed by atoms with Crippen molar-refractivity contribution in [1.29, 1.82) is 0 Å². The molecule has 0 saturated heterocycles. The van der Waals surface area contributed by atoms with Gasteiger partial charge in [-0.1, -0.05) is 31.0 Å². The number of nitrogens with one attached hydrogen (secondary N) is 2. The van der Waals surface area contributed by atoms with Crippen molar-refractivity contribution >= 4 is 11.8 Å². The maximum absolute atomic E-state index is 11.8. The van der Waals surface area contributed by atoms with Gasteiger partial charge in [-0.25, -0.2) is 0 Å². The van der Waals surface area contributed by atoms with Crippen LogP contribution in [0, 0.1) is 5.92 Å². The van der Waals surface area contributed by atoms with Gasteiger partial charge in [0, 0.05) is 18.0 Å². The van der Waals surface area contributed by atoms with Gasteiger partial charge in [0.25, 0.3) is 5.91 Å². The van der Waals surface area contributed by atoms with Gasteiger partial charge in [0.2, 0.25) is 5.91 Å². The molecule has 1 aromatic rings. The monoisotopic (exact) mass is 290 g/mol. The maximum atomic E-state index is 11.8. The first-order valence-electron chi connectivity index (χ1n) is 7.45. The van der Waals surface area contributed by atoms with Crippen LogP contribution in [0.1, 0.15) is 36.0 Å². The number of amides is 2. The van der Waals surface area contributed by atoms with E-state index in [2.05, 4.69) is 10.6 Å². The van der Waals surface area contributed by atoms with Crippen molar-refractivity contribution in [1.82, 2.24) is 10.6 Å². The Labute approximate surface area is 124 Å². The second-order valence-corrected chi connectivity index (χ2v) is 5.46. The molecule has 0 radical (unpaired) electrons. The number of benzene rings is 1. The summed E-state index contributed by atoms with van der Waals surface area (Å²) in [5.74, 6) is -0.354. The third-order valence-electron chi connectivity index (χ3n) is 3.88. The number of rotatable bonds is 5. The van der Waals surface area contributed by atoms with Gasteiger partial charge in [-0.15, -0.1) is 0 Å². The van der Waals surface area contributed by atoms with Crippen LogP contribution in [0.4, 0.5) is 0 Å². The number of hydrogen-bond donors (Lipinski definition) is 3. The van der Waals surface area contributed by atoms with E-state index in [1.54, 1.807) is 24.3 Å². The molecule has 1 saturated carbocycles. The molecule has 5 heteroatoms. The molecule has 5 nitrogen and oxygen atoms in total. The predicted octanol–water partition coefficient (Wildman–Crippen LogP) is 1.08. The van der Waals surface area contributed by atoms with Crippen molar-refractivity contribution in [3.8, 4) is 0 Å². The highest BCUT2D eigenvalue weighted by Crippen LogP contribution is 2.23. The summed E-state index contributed by atoms with van der Waals surface area (Å²) in [5, 5.41) is 15.2. The SMILES string of the molecule is O=C(CNC(=O)c1ccccc1)NC[C@@H]1CCCC[C@H]1O. The van der Waals surface area contributed by atoms with E-state index in [4.69, 9.17) is 0 Å². The second kappa shape index (κ2) is 7.78. The summed E-state index contributed by atoms with van der Waals surface area (Å²) < 4.78 is 0. The standard InChI is InChI=1S/C16H22N2O3/c19-14-9-5-4-8-13(14)10-17-15(20)11-18-16(21)12-6-2-1-3-7-12/h1-3,6-7,13-14,19H,4-5,8-11H2,(H,17,20)(H,18,21)/t13-,14+/m0/s1. The fraction of sp³-hybridized carbons (Fsp3) is 0.500. The maximum Gasteiger partial charge on any atom is 0.251 e. The van der Waals surface area contributed by atoms with E-state index >= 15 is 0 Å². The fourth-order valence-electron chi connectivity index (χ4n) is 2.59. The molecule has 0 unspecified atom stereocenters. The van der Waals surface area contributed by atoms with Crippen molar-refractivity contribution in [3.63, 3.8) is 0 Å². The summed E-state index contributed by atoms with van der Waals surface area (Å²) in [7, 11) is 0. The molecule has 114 valence electrons. The lowest BCUT2D eigenvalue weighted by Gasteiger charge is -2.27. The van der Waals surface area contributed by atoms with Crippen molar-refractivity contribution in [2.75, 3.05) is 13.1 Å². The zero-order valence-corrected chi connectivity index (χ0v) is 12.0. The van der Waals surface area contributed by atoms with E-state index in [1.165, 1.54) is 0 Å². The molecule has 21 heavy (non-hydrogen) atoms. The molecule has 3 N–H and O–H groups in total. The van der Waals surface area contributed by atoms with Crippen molar-refractivity contribution in [2.24, 2.45) is 5.92 Å². The molecule has 0 heterocycles. The van der Waals surface area contributed by atoms with E-state index < -0.39 is 0 Å². The van der Waals surface area contributed by atoms with Crippen molar-refractivity contribution < 1.29 is 14.7 Å². The Morgan fingerprint density at radius 1 is 1.10 bits per heavy atom. The Morgan fingerprint density at radius 2 is 1.81 bits per heavy atom. The molecule has 0 aromatic heterocycles. The first-order chi connectivity index (χ1) is 10.2. The van der Waals surface area contributed by atoms with Gasteiger partial charge < -0.3 is 15.7 Å². The number of aliphatic hydroxyl groups excluding tert-OH is 1. The zero-order valence-electron chi connectivity index (χ0n) is 12.0. The molecule has 1 aliphatic rings. The van der Waals surface area contributed by atoms with E-state index in [9.17, 15) is 14.7 Å². The van der Waals surface area contributed by atoms with Crippen LogP contribution in [0.5, 0.6) is 0 Å². The van der Waals surface area contributed by atoms with Crippen LogP contribution in [-0.4, -0.2) is 36.1 Å². The largest absolute Gasteiger partial charge is 0.393 e. The Kier molecular flexibility index (Phi) is 5.75. The van der Waals surface area contributed by atoms with Gasteiger partial charge in [-0.05, 0) is 25.0 Å². The highest BCUT2D eigenvalue weighted by atomic mass is 16.3. The number of carbonyl (C=O) groups excluding carboxylic acids is 2. The molecular formula is C16H22N2O3. The summed E-state index contributed by atoms with van der Waals surface area (Å²) in [6.07, 6.45) is 3.59. The van der Waals surface area contributed by atoms with Gasteiger partial charge in [0.1, 0.15) is 0 Å². The minimum atomic E-state index is -0.321. The molecule has 2 amide bonds. The van der Waals surface area contributed by atoms with Gasteiger partial charge in [0.15, 0.2) is 0 Å². The minimum Gasteiger partial charge on any atom is -0.393 e. The number of carbonyl (C=O) groups is 2. The Hall–Kier alpha value is -1.88. The van der Waals surface area contributed by atoms with Crippen LogP contribution in [0.3, 0.4) is 0 Å². The number of hydrogen-bond acceptors (Lipinski definition) is 3. The van der Waals surface area contributed by atoms with Crippen LogP contribution in [0.2, 0.25) is 0 Å². The molecule has 2 atom stereocenters. The molecule has 2 rings (SSSR count). The molecule has 1 fully saturated rings. The van der Waals surface area contributed by atoms with E-state index in [0.29, 0.717) is 12.1 Å². The lowest BCUT2D eigenvalue weighted by Crippen LogP contribution is -2.41. The summed E-state index contributed by atoms with van der Waals surface area (Å²) in [5.41, 5.74) is 0.535. The van der Waals surface area contributed by atoms with Gasteiger partial charge in [0.05, 0.1) is 12.6 Å². The molecular weight excluding hydrogens is 268 g/mol. The topological polar surface area (TPSA) is 78.4 Å². The van der Waals surface area contributed by atoms with E-state index in [0.717, 1.165) is 25.7 Å². The molecule has 1 aliphatic carbocycles. The van der Waals surface area contributed by atoms with Gasteiger partial charge in [-0.3, -0.25) is 9.59 Å². The molecule has 0 spiro atoms. The summed E-state index contributed by atoms with van der Waals surface area (Å²) >= 11 is 0. The average molecular weight is 290 g/mol. The average Bonchev–Trinajstić information content (AvgIpc) is 2.52. The second-order valence-electron chi connectivity index (χ2n) is 5.46. The van der Waals surface area contributed by atoms with Crippen LogP contribution >= 0.6 is 0 Å². The van der Waals surface area contributed by atoms with Crippen molar-refractivity contribution in [3.05, 3.63) is 35.9 Å². The quantitative estimate of drug-likeness (QED) is 0.759. The predicted molar refractivity (Wildman–Crippen MR) is 79.7 cm³/mol. The molecule has 0 bridgehead atoms. The smallest absolute Gasteiger partial charge is 0.251 e. The molecule has 1 aromatic carbocycles. The summed E-state index contributed by atoms with van der Waals surface area (Å²) in [4.78, 5) is 23.5. The zero-order chi connectivity index (χ0) is 15.1. The first-order valence-corrected chi connectivity index (χ1v) is 7.45. The Morgan fingerprint density at radius 3 is 2.52 bits per heavy atom. The van der Waals surface area contributed by atoms with Gasteiger partial charge in [-0.2, -0.15) is 0 Å². The Balaban J connectivity index is 1.69. The van der Waals surface area contributed by atoms with E-state index in [-0.39, 0.29) is 30.4 Å². The number of aliphatic hydroxyl groups is 1. The highest BCUT2D eigenvalue weighted by molar-refractivity contribution is 5.96. The first kappa shape index (κ1) is 15.5. The van der Waals surface area contributed by atoms with Crippen LogP contribution < -0.4 is 10.6 Å². The Bertz CT molecular complexity index is 476. The third kappa shape index (κ3) is 4.86. The lowest BCUT2D eigenvalue weighted by molar-refractivity contribution is -0.120. The summed E-state index contributed by atoms with van der Waals surface area (Å²) in [6, 6.07) is 8.79. The highest BCUT2D eigenvalue weighted by Gasteiger charge is 2.23. The summed E-state index contributed by atoms with van der Waals surface area (Å²) in [6.45, 7) is 0.428. The lowest BCUT2D eigenvalue weighted by atomic mass is 9.86. The van der Waals surface area contributed by atoms with Gasteiger partial charge >= 0.3 is 0 Å².